The molecule has 1 aliphatic heterocycles. The Morgan fingerprint density at radius 1 is 1.03 bits per heavy atom. The number of nitrogens with one attached hydrogen (secondary N) is 2. The van der Waals surface area contributed by atoms with Gasteiger partial charge in [0.05, 0.1) is 24.2 Å². The van der Waals surface area contributed by atoms with E-state index in [2.05, 4.69) is 50.7 Å². The van der Waals surface area contributed by atoms with Gasteiger partial charge >= 0.3 is 0 Å². The molecule has 0 bridgehead atoms. The van der Waals surface area contributed by atoms with E-state index in [0.717, 1.165) is 40.1 Å². The number of pyridine rings is 1. The summed E-state index contributed by atoms with van der Waals surface area (Å²) in [5.41, 5.74) is 3.22. The number of rotatable bonds is 9. The third-order valence-corrected chi connectivity index (χ3v) is 5.72. The Labute approximate surface area is 175 Å². The van der Waals surface area contributed by atoms with Gasteiger partial charge < -0.3 is 15.4 Å². The average molecular weight is 408 g/mol. The maximum atomic E-state index is 5.70. The van der Waals surface area contributed by atoms with Crippen molar-refractivity contribution in [2.75, 3.05) is 17.2 Å². The number of hydrogen-bond acceptors (Lipinski definition) is 7. The lowest BCUT2D eigenvalue weighted by molar-refractivity contribution is 0.294. The Bertz CT molecular complexity index is 948. The number of fused-ring (bicyclic) bond motifs is 2. The summed E-state index contributed by atoms with van der Waals surface area (Å²) in [6, 6.07) is 10.3. The minimum absolute atomic E-state index is 0.682. The van der Waals surface area contributed by atoms with E-state index >= 15 is 0 Å². The van der Waals surface area contributed by atoms with Gasteiger partial charge in [-0.1, -0.05) is 44.0 Å². The molecule has 2 aromatic heterocycles. The monoisotopic (exact) mass is 407 g/mol. The van der Waals surface area contributed by atoms with Crippen molar-refractivity contribution in [2.24, 2.45) is 0 Å². The van der Waals surface area contributed by atoms with Gasteiger partial charge in [0.1, 0.15) is 5.03 Å². The minimum atomic E-state index is 0.682. The summed E-state index contributed by atoms with van der Waals surface area (Å²) >= 11 is 1.64. The van der Waals surface area contributed by atoms with E-state index in [1.54, 1.807) is 24.2 Å². The largest absolute Gasteiger partial charge is 0.478 e. The zero-order valence-corrected chi connectivity index (χ0v) is 17.3. The third-order valence-electron chi connectivity index (χ3n) is 4.65. The van der Waals surface area contributed by atoms with Gasteiger partial charge in [-0.25, -0.2) is 15.0 Å². The summed E-state index contributed by atoms with van der Waals surface area (Å²) in [6.45, 7) is 3.65. The first-order valence-electron chi connectivity index (χ1n) is 10.0. The van der Waals surface area contributed by atoms with E-state index in [4.69, 9.17) is 4.74 Å². The number of ether oxygens (including phenoxy) is 1. The molecule has 0 saturated carbocycles. The lowest BCUT2D eigenvalue weighted by Gasteiger charge is -2.19. The third kappa shape index (κ3) is 5.17. The Morgan fingerprint density at radius 3 is 2.83 bits per heavy atom. The van der Waals surface area contributed by atoms with Crippen molar-refractivity contribution >= 4 is 29.0 Å². The molecule has 7 heteroatoms. The Morgan fingerprint density at radius 2 is 1.97 bits per heavy atom. The fourth-order valence-electron chi connectivity index (χ4n) is 3.07. The molecule has 0 aliphatic carbocycles. The van der Waals surface area contributed by atoms with Crippen molar-refractivity contribution in [3.63, 3.8) is 0 Å². The fraction of sp³-hybridized carbons (Fsp3) is 0.318. The lowest BCUT2D eigenvalue weighted by atomic mass is 10.2. The van der Waals surface area contributed by atoms with Gasteiger partial charge in [-0.2, -0.15) is 0 Å². The van der Waals surface area contributed by atoms with Crippen LogP contribution in [0.4, 0.5) is 17.2 Å². The van der Waals surface area contributed by atoms with Gasteiger partial charge in [-0.05, 0) is 30.2 Å². The van der Waals surface area contributed by atoms with E-state index in [9.17, 15) is 0 Å². The summed E-state index contributed by atoms with van der Waals surface area (Å²) in [5.74, 6) is 1.49. The zero-order valence-electron chi connectivity index (χ0n) is 16.5. The highest BCUT2D eigenvalue weighted by atomic mass is 32.2. The molecule has 0 amide bonds. The van der Waals surface area contributed by atoms with E-state index in [1.807, 2.05) is 18.3 Å². The Kier molecular flexibility index (Phi) is 6.46. The van der Waals surface area contributed by atoms with E-state index < -0.39 is 0 Å². The Balaban J connectivity index is 1.30. The van der Waals surface area contributed by atoms with Crippen LogP contribution in [0.15, 0.2) is 58.8 Å². The summed E-state index contributed by atoms with van der Waals surface area (Å²) in [4.78, 5) is 14.3. The molecule has 1 aromatic carbocycles. The lowest BCUT2D eigenvalue weighted by Crippen LogP contribution is -2.05. The summed E-state index contributed by atoms with van der Waals surface area (Å²) in [7, 11) is 0. The molecule has 3 aromatic rings. The number of hydrogen-bond donors (Lipinski definition) is 2. The average Bonchev–Trinajstić information content (AvgIpc) is 2.77. The zero-order chi connectivity index (χ0) is 19.9. The van der Waals surface area contributed by atoms with Gasteiger partial charge in [0.2, 0.25) is 5.88 Å². The van der Waals surface area contributed by atoms with Gasteiger partial charge in [0.25, 0.3) is 0 Å². The van der Waals surface area contributed by atoms with Crippen LogP contribution >= 0.6 is 11.8 Å². The summed E-state index contributed by atoms with van der Waals surface area (Å²) < 4.78 is 5.70. The normalized spacial score (nSPS) is 11.9. The summed E-state index contributed by atoms with van der Waals surface area (Å²) in [5, 5.41) is 7.69. The molecule has 0 unspecified atom stereocenters. The van der Waals surface area contributed by atoms with Gasteiger partial charge in [0, 0.05) is 29.9 Å². The van der Waals surface area contributed by atoms with Gasteiger partial charge in [0.15, 0.2) is 5.82 Å². The molecule has 0 spiro atoms. The first-order valence-corrected chi connectivity index (χ1v) is 10.8. The topological polar surface area (TPSA) is 72.0 Å². The van der Waals surface area contributed by atoms with Crippen LogP contribution in [-0.4, -0.2) is 21.6 Å². The van der Waals surface area contributed by atoms with Crippen LogP contribution in [-0.2, 0) is 6.54 Å². The van der Waals surface area contributed by atoms with E-state index in [-0.39, 0.29) is 0 Å². The predicted molar refractivity (Wildman–Crippen MR) is 117 cm³/mol. The number of anilines is 3. The molecule has 0 radical (unpaired) electrons. The van der Waals surface area contributed by atoms with Crippen LogP contribution in [0.5, 0.6) is 5.88 Å². The second-order valence-corrected chi connectivity index (χ2v) is 7.95. The smallest absolute Gasteiger partial charge is 0.213 e. The van der Waals surface area contributed by atoms with Crippen molar-refractivity contribution in [3.8, 4) is 5.88 Å². The number of aromatic nitrogens is 3. The first-order chi connectivity index (χ1) is 14.3. The SMILES string of the molecule is CCCCCCOc1ccc(NCc2ccc3c(c2)Nc2nccnc2S3)cn1. The molecule has 0 saturated heterocycles. The number of nitrogens with zero attached hydrogens (tertiary/aromatic N) is 3. The van der Waals surface area contributed by atoms with Crippen LogP contribution in [0.3, 0.4) is 0 Å². The predicted octanol–water partition coefficient (Wildman–Crippen LogP) is 5.65. The van der Waals surface area contributed by atoms with Crippen LogP contribution in [0.1, 0.15) is 38.2 Å². The molecule has 3 heterocycles. The molecule has 2 N–H and O–H groups in total. The maximum absolute atomic E-state index is 5.70. The molecule has 0 atom stereocenters. The Hall–Kier alpha value is -2.80. The van der Waals surface area contributed by atoms with Crippen molar-refractivity contribution in [1.29, 1.82) is 0 Å². The highest BCUT2D eigenvalue weighted by molar-refractivity contribution is 7.99. The molecule has 150 valence electrons. The van der Waals surface area contributed by atoms with Crippen molar-refractivity contribution in [1.82, 2.24) is 15.0 Å². The molecular formula is C22H25N5OS. The van der Waals surface area contributed by atoms with Crippen molar-refractivity contribution in [2.45, 2.75) is 49.1 Å². The van der Waals surface area contributed by atoms with Crippen LogP contribution in [0, 0.1) is 0 Å². The van der Waals surface area contributed by atoms with Crippen molar-refractivity contribution < 1.29 is 4.74 Å². The number of unbranched alkanes of at least 4 members (excludes halogenated alkanes) is 3. The molecule has 1 aliphatic rings. The minimum Gasteiger partial charge on any atom is -0.478 e. The molecule has 6 nitrogen and oxygen atoms in total. The second-order valence-electron chi connectivity index (χ2n) is 6.92. The molecule has 0 fully saturated rings. The van der Waals surface area contributed by atoms with Crippen LogP contribution in [0.2, 0.25) is 0 Å². The maximum Gasteiger partial charge on any atom is 0.213 e. The molecular weight excluding hydrogens is 382 g/mol. The highest BCUT2D eigenvalue weighted by Gasteiger charge is 2.17. The fourth-order valence-corrected chi connectivity index (χ4v) is 3.95. The highest BCUT2D eigenvalue weighted by Crippen LogP contribution is 2.42. The second kappa shape index (κ2) is 9.60. The van der Waals surface area contributed by atoms with Crippen LogP contribution < -0.4 is 15.4 Å². The quantitative estimate of drug-likeness (QED) is 0.347. The first kappa shape index (κ1) is 19.5. The van der Waals surface area contributed by atoms with Crippen molar-refractivity contribution in [3.05, 3.63) is 54.5 Å². The van der Waals surface area contributed by atoms with E-state index in [0.29, 0.717) is 12.4 Å². The summed E-state index contributed by atoms with van der Waals surface area (Å²) in [6.07, 6.45) is 10.0. The van der Waals surface area contributed by atoms with Crippen LogP contribution in [0.25, 0.3) is 0 Å². The van der Waals surface area contributed by atoms with Gasteiger partial charge in [-0.3, -0.25) is 0 Å². The molecule has 4 rings (SSSR count). The van der Waals surface area contributed by atoms with E-state index in [1.165, 1.54) is 24.8 Å². The molecule has 29 heavy (non-hydrogen) atoms. The van der Waals surface area contributed by atoms with Gasteiger partial charge in [-0.15, -0.1) is 0 Å². The number of benzene rings is 1. The standard InChI is InChI=1S/C22H25N5OS/c1-2-3-4-5-12-28-20-9-7-17(15-26-20)25-14-16-6-8-19-18(13-16)27-21-22(29-19)24-11-10-23-21/h6-11,13,15,25H,2-5,12,14H2,1H3,(H,23,27).